The number of pyridine rings is 1. The Morgan fingerprint density at radius 2 is 1.93 bits per heavy atom. The van der Waals surface area contributed by atoms with Crippen molar-refractivity contribution in [3.63, 3.8) is 0 Å². The number of thiocarbonyl (C=S) groups is 1. The lowest BCUT2D eigenvalue weighted by molar-refractivity contribution is -0.0936. The number of aromatic nitrogens is 3. The standard InChI is InChI=1S/C20H15ClF3N5S/c21-17-8-5-14(10-16(17)20(22,23)24)28-19(30)27-13-3-6-15(7-4-13)29-18-12(11-26-29)2-1-9-25-18/h1-7,9-11,17H,8H2,(H2,27,28,30). The van der Waals surface area contributed by atoms with Crippen molar-refractivity contribution in [2.75, 3.05) is 5.32 Å². The maximum atomic E-state index is 13.0. The monoisotopic (exact) mass is 449 g/mol. The van der Waals surface area contributed by atoms with Crippen LogP contribution in [0.5, 0.6) is 0 Å². The topological polar surface area (TPSA) is 54.8 Å². The van der Waals surface area contributed by atoms with Gasteiger partial charge in [-0.2, -0.15) is 18.3 Å². The van der Waals surface area contributed by atoms with Gasteiger partial charge in [0.2, 0.25) is 0 Å². The first-order valence-electron chi connectivity index (χ1n) is 8.91. The normalized spacial score (nSPS) is 16.7. The predicted molar refractivity (Wildman–Crippen MR) is 115 cm³/mol. The molecule has 0 spiro atoms. The van der Waals surface area contributed by atoms with Crippen molar-refractivity contribution in [2.45, 2.75) is 18.0 Å². The molecule has 2 N–H and O–H groups in total. The molecule has 0 aliphatic heterocycles. The van der Waals surface area contributed by atoms with Gasteiger partial charge in [0, 0.05) is 23.0 Å². The van der Waals surface area contributed by atoms with Crippen molar-refractivity contribution in [3.05, 3.63) is 72.2 Å². The summed E-state index contributed by atoms with van der Waals surface area (Å²) in [5, 5.41) is 10.1. The van der Waals surface area contributed by atoms with Gasteiger partial charge in [-0.05, 0) is 61.1 Å². The molecular weight excluding hydrogens is 435 g/mol. The van der Waals surface area contributed by atoms with E-state index in [9.17, 15) is 13.2 Å². The van der Waals surface area contributed by atoms with Gasteiger partial charge >= 0.3 is 6.18 Å². The number of alkyl halides is 4. The molecule has 1 aliphatic rings. The van der Waals surface area contributed by atoms with Crippen molar-refractivity contribution in [2.24, 2.45) is 0 Å². The van der Waals surface area contributed by atoms with Crippen LogP contribution < -0.4 is 10.6 Å². The molecule has 2 heterocycles. The van der Waals surface area contributed by atoms with E-state index in [2.05, 4.69) is 20.7 Å². The molecule has 1 aromatic carbocycles. The summed E-state index contributed by atoms with van der Waals surface area (Å²) in [4.78, 5) is 4.33. The molecule has 1 aliphatic carbocycles. The number of hydrogen-bond acceptors (Lipinski definition) is 3. The van der Waals surface area contributed by atoms with Crippen molar-refractivity contribution in [1.82, 2.24) is 20.1 Å². The van der Waals surface area contributed by atoms with Crippen molar-refractivity contribution in [1.29, 1.82) is 0 Å². The number of allylic oxidation sites excluding steroid dienone is 3. The first-order valence-corrected chi connectivity index (χ1v) is 9.76. The summed E-state index contributed by atoms with van der Waals surface area (Å²) >= 11 is 11.0. The molecule has 0 saturated heterocycles. The molecule has 154 valence electrons. The Morgan fingerprint density at radius 3 is 2.67 bits per heavy atom. The fourth-order valence-electron chi connectivity index (χ4n) is 3.05. The van der Waals surface area contributed by atoms with Gasteiger partial charge in [-0.1, -0.05) is 6.08 Å². The smallest absolute Gasteiger partial charge is 0.333 e. The van der Waals surface area contributed by atoms with E-state index >= 15 is 0 Å². The number of benzene rings is 1. The lowest BCUT2D eigenvalue weighted by Crippen LogP contribution is -2.30. The maximum Gasteiger partial charge on any atom is 0.414 e. The number of hydrogen-bond donors (Lipinski definition) is 2. The largest absolute Gasteiger partial charge is 0.414 e. The summed E-state index contributed by atoms with van der Waals surface area (Å²) in [6.45, 7) is 0. The number of fused-ring (bicyclic) bond motifs is 1. The number of nitrogens with one attached hydrogen (secondary N) is 2. The van der Waals surface area contributed by atoms with Crippen LogP contribution in [-0.2, 0) is 0 Å². The summed E-state index contributed by atoms with van der Waals surface area (Å²) in [7, 11) is 0. The minimum atomic E-state index is -4.48. The molecule has 4 rings (SSSR count). The summed E-state index contributed by atoms with van der Waals surface area (Å²) in [5.41, 5.74) is 1.69. The molecule has 0 amide bonds. The summed E-state index contributed by atoms with van der Waals surface area (Å²) in [6, 6.07) is 11.0. The van der Waals surface area contributed by atoms with Crippen LogP contribution in [0.3, 0.4) is 0 Å². The van der Waals surface area contributed by atoms with Crippen LogP contribution in [0.4, 0.5) is 18.9 Å². The summed E-state index contributed by atoms with van der Waals surface area (Å²) in [6.07, 6.45) is 1.58. The minimum absolute atomic E-state index is 0.0679. The lowest BCUT2D eigenvalue weighted by Gasteiger charge is -2.22. The van der Waals surface area contributed by atoms with E-state index < -0.39 is 17.1 Å². The quantitative estimate of drug-likeness (QED) is 0.431. The van der Waals surface area contributed by atoms with Crippen LogP contribution in [-0.4, -0.2) is 31.4 Å². The van der Waals surface area contributed by atoms with Gasteiger partial charge < -0.3 is 10.6 Å². The number of rotatable bonds is 3. The number of nitrogens with zero attached hydrogens (tertiary/aromatic N) is 3. The Balaban J connectivity index is 1.44. The van der Waals surface area contributed by atoms with Gasteiger partial charge in [0.05, 0.1) is 22.8 Å². The number of anilines is 1. The first kappa shape index (κ1) is 20.4. The molecule has 0 bridgehead atoms. The lowest BCUT2D eigenvalue weighted by atomic mass is 10.0. The zero-order valence-corrected chi connectivity index (χ0v) is 16.9. The zero-order valence-electron chi connectivity index (χ0n) is 15.3. The first-order chi connectivity index (χ1) is 14.3. The van der Waals surface area contributed by atoms with Gasteiger partial charge in [0.25, 0.3) is 0 Å². The highest BCUT2D eigenvalue weighted by Crippen LogP contribution is 2.35. The molecule has 3 aromatic rings. The molecule has 10 heteroatoms. The van der Waals surface area contributed by atoms with E-state index in [1.807, 2.05) is 24.3 Å². The van der Waals surface area contributed by atoms with E-state index in [1.165, 1.54) is 0 Å². The highest BCUT2D eigenvalue weighted by Gasteiger charge is 2.39. The third kappa shape index (κ3) is 4.31. The van der Waals surface area contributed by atoms with E-state index in [1.54, 1.807) is 35.3 Å². The third-order valence-electron chi connectivity index (χ3n) is 4.48. The van der Waals surface area contributed by atoms with Crippen LogP contribution in [0.2, 0.25) is 0 Å². The van der Waals surface area contributed by atoms with Crippen LogP contribution in [0.15, 0.2) is 72.2 Å². The highest BCUT2D eigenvalue weighted by atomic mass is 35.5. The molecule has 0 saturated carbocycles. The fraction of sp³-hybridized carbons (Fsp3) is 0.150. The third-order valence-corrected chi connectivity index (χ3v) is 5.10. The summed E-state index contributed by atoms with van der Waals surface area (Å²) in [5.74, 6) is 0. The molecule has 30 heavy (non-hydrogen) atoms. The molecule has 5 nitrogen and oxygen atoms in total. The average molecular weight is 450 g/mol. The Kier molecular flexibility index (Phi) is 5.48. The van der Waals surface area contributed by atoms with E-state index in [0.29, 0.717) is 5.69 Å². The average Bonchev–Trinajstić information content (AvgIpc) is 3.13. The van der Waals surface area contributed by atoms with Crippen LogP contribution in [0, 0.1) is 0 Å². The Morgan fingerprint density at radius 1 is 1.17 bits per heavy atom. The predicted octanol–water partition coefficient (Wildman–Crippen LogP) is 5.09. The Bertz CT molecular complexity index is 1150. The van der Waals surface area contributed by atoms with Gasteiger partial charge in [0.15, 0.2) is 10.8 Å². The van der Waals surface area contributed by atoms with Crippen molar-refractivity contribution in [3.8, 4) is 5.69 Å². The van der Waals surface area contributed by atoms with Gasteiger partial charge in [-0.15, -0.1) is 11.6 Å². The van der Waals surface area contributed by atoms with Gasteiger partial charge in [-0.3, -0.25) is 0 Å². The molecular formula is C20H15ClF3N5S. The van der Waals surface area contributed by atoms with E-state index in [4.69, 9.17) is 23.8 Å². The second kappa shape index (κ2) is 8.08. The maximum absolute atomic E-state index is 13.0. The highest BCUT2D eigenvalue weighted by molar-refractivity contribution is 7.80. The SMILES string of the molecule is FC(F)(F)C1=CC(NC(=S)Nc2ccc(-n3ncc4cccnc43)cc2)=CCC1Cl. The number of halogens is 4. The van der Waals surface area contributed by atoms with E-state index in [-0.39, 0.29) is 17.2 Å². The second-order valence-electron chi connectivity index (χ2n) is 6.56. The van der Waals surface area contributed by atoms with Crippen LogP contribution >= 0.6 is 23.8 Å². The summed E-state index contributed by atoms with van der Waals surface area (Å²) < 4.78 is 40.8. The van der Waals surface area contributed by atoms with E-state index in [0.717, 1.165) is 22.8 Å². The molecule has 1 unspecified atom stereocenters. The Labute approximate surface area is 180 Å². The molecule has 0 radical (unpaired) electrons. The fourth-order valence-corrected chi connectivity index (χ4v) is 3.56. The van der Waals surface area contributed by atoms with Crippen LogP contribution in [0.25, 0.3) is 16.7 Å². The molecule has 2 aromatic heterocycles. The molecule has 1 atom stereocenters. The van der Waals surface area contributed by atoms with Crippen molar-refractivity contribution >= 4 is 45.7 Å². The molecule has 0 fully saturated rings. The Hall–Kier alpha value is -2.91. The van der Waals surface area contributed by atoms with Gasteiger partial charge in [0.1, 0.15) is 0 Å². The van der Waals surface area contributed by atoms with Crippen LogP contribution in [0.1, 0.15) is 6.42 Å². The second-order valence-corrected chi connectivity index (χ2v) is 7.49. The van der Waals surface area contributed by atoms with Crippen molar-refractivity contribution < 1.29 is 13.2 Å². The van der Waals surface area contributed by atoms with Gasteiger partial charge in [-0.25, -0.2) is 9.67 Å². The minimum Gasteiger partial charge on any atom is -0.333 e. The zero-order chi connectivity index (χ0) is 21.3.